The molecule has 2 heterocycles. The van der Waals surface area contributed by atoms with Gasteiger partial charge < -0.3 is 14.9 Å². The molecule has 2 aromatic rings. The molecule has 0 aromatic carbocycles. The molecular weight excluding hydrogens is 262 g/mol. The molecule has 0 aliphatic rings. The Morgan fingerprint density at radius 3 is 2.43 bits per heavy atom. The number of hydrogen-bond acceptors (Lipinski definition) is 3. The first-order valence-electron chi connectivity index (χ1n) is 7.66. The number of nitrogens with zero attached hydrogens (tertiary/aromatic N) is 4. The molecule has 2 aromatic heterocycles. The van der Waals surface area contributed by atoms with Crippen LogP contribution in [-0.4, -0.2) is 19.1 Å². The Balaban J connectivity index is 2.63. The topological polar surface area (TPSA) is 61.7 Å². The van der Waals surface area contributed by atoms with E-state index in [9.17, 15) is 0 Å². The van der Waals surface area contributed by atoms with Crippen molar-refractivity contribution in [1.82, 2.24) is 19.1 Å². The first-order valence-corrected chi connectivity index (χ1v) is 7.66. The van der Waals surface area contributed by atoms with E-state index in [1.165, 1.54) is 0 Å². The van der Waals surface area contributed by atoms with Gasteiger partial charge in [0.15, 0.2) is 0 Å². The van der Waals surface area contributed by atoms with Crippen LogP contribution in [0.5, 0.6) is 0 Å². The lowest BCUT2D eigenvalue weighted by Gasteiger charge is -2.22. The third kappa shape index (κ3) is 2.82. The van der Waals surface area contributed by atoms with Gasteiger partial charge in [0, 0.05) is 18.0 Å². The number of imidazole rings is 2. The average molecular weight is 289 g/mol. The Morgan fingerprint density at radius 1 is 1.29 bits per heavy atom. The molecule has 0 saturated heterocycles. The maximum atomic E-state index is 6.42. The first kappa shape index (κ1) is 15.6. The second-order valence-electron chi connectivity index (χ2n) is 6.86. The summed E-state index contributed by atoms with van der Waals surface area (Å²) in [4.78, 5) is 9.13. The van der Waals surface area contributed by atoms with Gasteiger partial charge in [-0.1, -0.05) is 27.7 Å². The van der Waals surface area contributed by atoms with E-state index in [1.54, 1.807) is 0 Å². The van der Waals surface area contributed by atoms with Crippen molar-refractivity contribution in [2.75, 3.05) is 5.73 Å². The van der Waals surface area contributed by atoms with E-state index in [-0.39, 0.29) is 11.5 Å². The highest BCUT2D eigenvalue weighted by molar-refractivity contribution is 5.68. The molecule has 5 heteroatoms. The maximum Gasteiger partial charge on any atom is 0.133 e. The van der Waals surface area contributed by atoms with E-state index in [0.717, 1.165) is 36.0 Å². The smallest absolute Gasteiger partial charge is 0.133 e. The highest BCUT2D eigenvalue weighted by Gasteiger charge is 2.27. The van der Waals surface area contributed by atoms with Crippen LogP contribution >= 0.6 is 0 Å². The molecule has 0 atom stereocenters. The molecular formula is C16H27N5. The second-order valence-corrected chi connectivity index (χ2v) is 6.86. The molecule has 0 amide bonds. The summed E-state index contributed by atoms with van der Waals surface area (Å²) in [6.45, 7) is 13.9. The molecule has 2 rings (SSSR count). The van der Waals surface area contributed by atoms with Crippen LogP contribution in [0, 0.1) is 0 Å². The number of aryl methyl sites for hydroxylation is 1. The lowest BCUT2D eigenvalue weighted by molar-refractivity contribution is 0.473. The van der Waals surface area contributed by atoms with Crippen molar-refractivity contribution in [3.8, 4) is 11.4 Å². The monoisotopic (exact) mass is 289 g/mol. The van der Waals surface area contributed by atoms with E-state index < -0.39 is 0 Å². The molecule has 0 spiro atoms. The highest BCUT2D eigenvalue weighted by atomic mass is 15.2. The van der Waals surface area contributed by atoms with Gasteiger partial charge in [0.05, 0.1) is 18.2 Å². The van der Waals surface area contributed by atoms with Gasteiger partial charge in [-0.15, -0.1) is 0 Å². The van der Waals surface area contributed by atoms with Crippen LogP contribution in [-0.2, 0) is 12.0 Å². The van der Waals surface area contributed by atoms with Crippen molar-refractivity contribution in [2.24, 2.45) is 0 Å². The second kappa shape index (κ2) is 5.54. The van der Waals surface area contributed by atoms with Crippen molar-refractivity contribution in [2.45, 2.75) is 66.0 Å². The van der Waals surface area contributed by atoms with Crippen LogP contribution in [0.1, 0.15) is 59.8 Å². The highest BCUT2D eigenvalue weighted by Crippen LogP contribution is 2.34. The van der Waals surface area contributed by atoms with Gasteiger partial charge >= 0.3 is 0 Å². The first-order chi connectivity index (χ1) is 9.77. The average Bonchev–Trinajstić information content (AvgIpc) is 2.92. The number of anilines is 1. The van der Waals surface area contributed by atoms with Gasteiger partial charge in [0.2, 0.25) is 0 Å². The molecule has 0 unspecified atom stereocenters. The van der Waals surface area contributed by atoms with Gasteiger partial charge in [-0.3, -0.25) is 0 Å². The van der Waals surface area contributed by atoms with Crippen LogP contribution in [0.15, 0.2) is 12.5 Å². The number of hydrogen-bond donors (Lipinski definition) is 1. The van der Waals surface area contributed by atoms with E-state index in [2.05, 4.69) is 55.7 Å². The zero-order valence-corrected chi connectivity index (χ0v) is 14.0. The Labute approximate surface area is 127 Å². The SMILES string of the molecule is CCCn1cncc1-c1nc(C(C)(C)C)n(C(C)C)c1N. The fraction of sp³-hybridized carbons (Fsp3) is 0.625. The Bertz CT molecular complexity index is 613. The van der Waals surface area contributed by atoms with Gasteiger partial charge in [-0.2, -0.15) is 0 Å². The number of nitrogens with two attached hydrogens (primary N) is 1. The molecule has 0 aliphatic heterocycles. The predicted molar refractivity (Wildman–Crippen MR) is 87.2 cm³/mol. The fourth-order valence-electron chi connectivity index (χ4n) is 2.62. The molecule has 0 aliphatic carbocycles. The van der Waals surface area contributed by atoms with Gasteiger partial charge in [0.25, 0.3) is 0 Å². The lowest BCUT2D eigenvalue weighted by Crippen LogP contribution is -2.21. The summed E-state index contributed by atoms with van der Waals surface area (Å²) in [6, 6.07) is 0.281. The van der Waals surface area contributed by atoms with Crippen LogP contribution in [0.25, 0.3) is 11.4 Å². The third-order valence-electron chi connectivity index (χ3n) is 3.55. The van der Waals surface area contributed by atoms with Crippen LogP contribution < -0.4 is 5.73 Å². The summed E-state index contributed by atoms with van der Waals surface area (Å²) in [5.74, 6) is 1.75. The van der Waals surface area contributed by atoms with E-state index in [1.807, 2.05) is 12.5 Å². The van der Waals surface area contributed by atoms with Gasteiger partial charge in [-0.05, 0) is 20.3 Å². The van der Waals surface area contributed by atoms with Crippen LogP contribution in [0.2, 0.25) is 0 Å². The zero-order chi connectivity index (χ0) is 15.8. The predicted octanol–water partition coefficient (Wildman–Crippen LogP) is 3.62. The molecule has 2 N–H and O–H groups in total. The van der Waals surface area contributed by atoms with Gasteiger partial charge in [-0.25, -0.2) is 9.97 Å². The largest absolute Gasteiger partial charge is 0.383 e. The van der Waals surface area contributed by atoms with Gasteiger partial charge in [0.1, 0.15) is 17.3 Å². The fourth-order valence-corrected chi connectivity index (χ4v) is 2.62. The molecule has 0 radical (unpaired) electrons. The molecule has 0 bridgehead atoms. The number of aromatic nitrogens is 4. The van der Waals surface area contributed by atoms with Crippen molar-refractivity contribution in [1.29, 1.82) is 0 Å². The molecule has 0 saturated carbocycles. The third-order valence-corrected chi connectivity index (χ3v) is 3.55. The summed E-state index contributed by atoms with van der Waals surface area (Å²) in [7, 11) is 0. The Kier molecular flexibility index (Phi) is 4.12. The van der Waals surface area contributed by atoms with E-state index in [4.69, 9.17) is 10.7 Å². The van der Waals surface area contributed by atoms with E-state index >= 15 is 0 Å². The summed E-state index contributed by atoms with van der Waals surface area (Å²) < 4.78 is 4.26. The van der Waals surface area contributed by atoms with Crippen molar-refractivity contribution in [3.63, 3.8) is 0 Å². The number of rotatable bonds is 4. The maximum absolute atomic E-state index is 6.42. The normalized spacial score (nSPS) is 12.3. The summed E-state index contributed by atoms with van der Waals surface area (Å²) >= 11 is 0. The lowest BCUT2D eigenvalue weighted by atomic mass is 9.95. The molecule has 5 nitrogen and oxygen atoms in total. The standard InChI is InChI=1S/C16H27N5/c1-7-8-20-10-18-9-12(20)13-14(17)21(11(2)3)15(19-13)16(4,5)6/h9-11H,7-8,17H2,1-6H3. The quantitative estimate of drug-likeness (QED) is 0.935. The Morgan fingerprint density at radius 2 is 1.95 bits per heavy atom. The van der Waals surface area contributed by atoms with Crippen LogP contribution in [0.3, 0.4) is 0 Å². The van der Waals surface area contributed by atoms with Crippen molar-refractivity contribution >= 4 is 5.82 Å². The van der Waals surface area contributed by atoms with E-state index in [0.29, 0.717) is 0 Å². The molecule has 21 heavy (non-hydrogen) atoms. The summed E-state index contributed by atoms with van der Waals surface area (Å²) in [5, 5.41) is 0. The summed E-state index contributed by atoms with van der Waals surface area (Å²) in [5.41, 5.74) is 8.21. The molecule has 0 fully saturated rings. The minimum atomic E-state index is -0.0494. The number of nitrogen functional groups attached to an aromatic ring is 1. The minimum absolute atomic E-state index is 0.0494. The zero-order valence-electron chi connectivity index (χ0n) is 14.0. The minimum Gasteiger partial charge on any atom is -0.383 e. The summed E-state index contributed by atoms with van der Waals surface area (Å²) in [6.07, 6.45) is 4.76. The van der Waals surface area contributed by atoms with Crippen molar-refractivity contribution < 1.29 is 0 Å². The Hall–Kier alpha value is -1.78. The van der Waals surface area contributed by atoms with Crippen molar-refractivity contribution in [3.05, 3.63) is 18.3 Å². The van der Waals surface area contributed by atoms with Crippen LogP contribution in [0.4, 0.5) is 5.82 Å². The molecule has 116 valence electrons.